The summed E-state index contributed by atoms with van der Waals surface area (Å²) in [5, 5.41) is 4.46. The number of likely N-dealkylation sites (tertiary alicyclic amines) is 1. The molecule has 1 saturated heterocycles. The van der Waals surface area contributed by atoms with Crippen LogP contribution in [0, 0.1) is 11.8 Å². The lowest BCUT2D eigenvalue weighted by molar-refractivity contribution is -0.145. The van der Waals surface area contributed by atoms with Crippen molar-refractivity contribution in [2.75, 3.05) is 26.7 Å². The number of hydrogen-bond acceptors (Lipinski definition) is 4. The second kappa shape index (κ2) is 8.17. The summed E-state index contributed by atoms with van der Waals surface area (Å²) >= 11 is 0. The fourth-order valence-electron chi connectivity index (χ4n) is 3.48. The molecule has 2 aromatic rings. The van der Waals surface area contributed by atoms with E-state index in [0.29, 0.717) is 13.1 Å². The third-order valence-electron chi connectivity index (χ3n) is 4.87. The van der Waals surface area contributed by atoms with E-state index in [9.17, 15) is 4.79 Å². The van der Waals surface area contributed by atoms with Crippen LogP contribution < -0.4 is 5.32 Å². The molecule has 6 heteroatoms. The highest BCUT2D eigenvalue weighted by molar-refractivity contribution is 5.84. The summed E-state index contributed by atoms with van der Waals surface area (Å²) < 4.78 is 4.94. The Labute approximate surface area is 154 Å². The number of methoxy groups -OCH3 is 1. The number of guanidine groups is 1. The zero-order valence-corrected chi connectivity index (χ0v) is 15.6. The normalized spacial score (nSPS) is 20.4. The molecule has 0 bridgehead atoms. The molecular formula is C20H26N4O2. The van der Waals surface area contributed by atoms with Crippen molar-refractivity contribution in [3.63, 3.8) is 0 Å². The molecule has 1 aliphatic heterocycles. The lowest BCUT2D eigenvalue weighted by Gasteiger charge is -2.21. The van der Waals surface area contributed by atoms with Crippen LogP contribution in [0.1, 0.15) is 19.4 Å². The summed E-state index contributed by atoms with van der Waals surface area (Å²) in [5.74, 6) is 0.821. The van der Waals surface area contributed by atoms with Gasteiger partial charge in [-0.15, -0.1) is 0 Å². The highest BCUT2D eigenvalue weighted by atomic mass is 16.5. The summed E-state index contributed by atoms with van der Waals surface area (Å²) in [5.41, 5.74) is 2.08. The Balaban J connectivity index is 1.80. The fraction of sp³-hybridized carbons (Fsp3) is 0.450. The van der Waals surface area contributed by atoms with Crippen LogP contribution in [0.5, 0.6) is 0 Å². The Morgan fingerprint density at radius 1 is 1.35 bits per heavy atom. The van der Waals surface area contributed by atoms with E-state index < -0.39 is 0 Å². The second-order valence-electron chi connectivity index (χ2n) is 6.67. The SMILES string of the molecule is CCNC(=NCc1cccc2cccnc12)N1CC(C)C(C(=O)OC)C1. The van der Waals surface area contributed by atoms with Crippen molar-refractivity contribution in [3.05, 3.63) is 42.1 Å². The number of rotatable bonds is 4. The molecule has 0 amide bonds. The van der Waals surface area contributed by atoms with Crippen LogP contribution in [0.2, 0.25) is 0 Å². The van der Waals surface area contributed by atoms with Crippen molar-refractivity contribution < 1.29 is 9.53 Å². The molecule has 26 heavy (non-hydrogen) atoms. The average Bonchev–Trinajstić information content (AvgIpc) is 3.06. The minimum atomic E-state index is -0.144. The van der Waals surface area contributed by atoms with Gasteiger partial charge in [0, 0.05) is 31.2 Å². The van der Waals surface area contributed by atoms with Crippen LogP contribution in [-0.4, -0.2) is 48.6 Å². The molecule has 1 N–H and O–H groups in total. The minimum absolute atomic E-state index is 0.108. The van der Waals surface area contributed by atoms with E-state index >= 15 is 0 Å². The van der Waals surface area contributed by atoms with Crippen LogP contribution in [0.3, 0.4) is 0 Å². The number of carbonyl (C=O) groups is 1. The van der Waals surface area contributed by atoms with Gasteiger partial charge in [0.15, 0.2) is 5.96 Å². The number of nitrogens with one attached hydrogen (secondary N) is 1. The van der Waals surface area contributed by atoms with E-state index in [1.54, 1.807) is 0 Å². The lowest BCUT2D eigenvalue weighted by Crippen LogP contribution is -2.40. The smallest absolute Gasteiger partial charge is 0.310 e. The van der Waals surface area contributed by atoms with E-state index in [1.807, 2.05) is 25.3 Å². The topological polar surface area (TPSA) is 66.8 Å². The standard InChI is InChI=1S/C20H26N4O2/c1-4-21-20(24-12-14(2)17(13-24)19(25)26-3)23-11-16-8-5-7-15-9-6-10-22-18(15)16/h5-10,14,17H,4,11-13H2,1-3H3,(H,21,23). The molecule has 0 saturated carbocycles. The first-order valence-corrected chi connectivity index (χ1v) is 9.07. The molecule has 1 fully saturated rings. The van der Waals surface area contributed by atoms with Crippen LogP contribution in [0.4, 0.5) is 0 Å². The van der Waals surface area contributed by atoms with Gasteiger partial charge in [-0.05, 0) is 24.5 Å². The van der Waals surface area contributed by atoms with Gasteiger partial charge in [0.25, 0.3) is 0 Å². The van der Waals surface area contributed by atoms with Gasteiger partial charge in [0.2, 0.25) is 0 Å². The Kier molecular flexibility index (Phi) is 5.71. The largest absolute Gasteiger partial charge is 0.469 e. The maximum atomic E-state index is 12.0. The fourth-order valence-corrected chi connectivity index (χ4v) is 3.48. The lowest BCUT2D eigenvalue weighted by atomic mass is 9.99. The third-order valence-corrected chi connectivity index (χ3v) is 4.87. The molecule has 2 unspecified atom stereocenters. The first-order valence-electron chi connectivity index (χ1n) is 9.07. The predicted octanol–water partition coefficient (Wildman–Crippen LogP) is 2.44. The predicted molar refractivity (Wildman–Crippen MR) is 103 cm³/mol. The zero-order valence-electron chi connectivity index (χ0n) is 15.6. The van der Waals surface area contributed by atoms with Gasteiger partial charge in [0.1, 0.15) is 0 Å². The van der Waals surface area contributed by atoms with Gasteiger partial charge in [-0.25, -0.2) is 4.99 Å². The van der Waals surface area contributed by atoms with E-state index in [4.69, 9.17) is 9.73 Å². The number of esters is 1. The van der Waals surface area contributed by atoms with Crippen molar-refractivity contribution in [3.8, 4) is 0 Å². The maximum absolute atomic E-state index is 12.0. The van der Waals surface area contributed by atoms with E-state index in [-0.39, 0.29) is 17.8 Å². The van der Waals surface area contributed by atoms with Crippen molar-refractivity contribution in [1.82, 2.24) is 15.2 Å². The van der Waals surface area contributed by atoms with Gasteiger partial charge in [-0.2, -0.15) is 0 Å². The van der Waals surface area contributed by atoms with Gasteiger partial charge in [0.05, 0.1) is 25.1 Å². The summed E-state index contributed by atoms with van der Waals surface area (Å²) in [4.78, 5) is 23.4. The molecule has 1 aromatic heterocycles. The number of aliphatic imine (C=N–C) groups is 1. The summed E-state index contributed by atoms with van der Waals surface area (Å²) in [7, 11) is 1.45. The Morgan fingerprint density at radius 3 is 2.92 bits per heavy atom. The number of fused-ring (bicyclic) bond motifs is 1. The summed E-state index contributed by atoms with van der Waals surface area (Å²) in [6.07, 6.45) is 1.81. The first kappa shape index (κ1) is 18.2. The Hall–Kier alpha value is -2.63. The number of ether oxygens (including phenoxy) is 1. The van der Waals surface area contributed by atoms with Crippen molar-refractivity contribution in [2.24, 2.45) is 16.8 Å². The molecule has 0 spiro atoms. The zero-order chi connectivity index (χ0) is 18.5. The van der Waals surface area contributed by atoms with Crippen LogP contribution >= 0.6 is 0 Å². The molecule has 2 heterocycles. The average molecular weight is 354 g/mol. The first-order chi connectivity index (χ1) is 12.6. The molecule has 2 atom stereocenters. The minimum Gasteiger partial charge on any atom is -0.469 e. The van der Waals surface area contributed by atoms with Crippen LogP contribution in [0.25, 0.3) is 10.9 Å². The second-order valence-corrected chi connectivity index (χ2v) is 6.67. The highest BCUT2D eigenvalue weighted by Crippen LogP contribution is 2.24. The number of carbonyl (C=O) groups excluding carboxylic acids is 1. The van der Waals surface area contributed by atoms with Crippen LogP contribution in [0.15, 0.2) is 41.5 Å². The van der Waals surface area contributed by atoms with E-state index in [1.165, 1.54) is 7.11 Å². The quantitative estimate of drug-likeness (QED) is 0.519. The van der Waals surface area contributed by atoms with Gasteiger partial charge in [-0.1, -0.05) is 31.2 Å². The number of nitrogens with zero attached hydrogens (tertiary/aromatic N) is 3. The molecule has 0 aliphatic carbocycles. The Bertz CT molecular complexity index is 800. The third kappa shape index (κ3) is 3.79. The summed E-state index contributed by atoms with van der Waals surface area (Å²) in [6, 6.07) is 10.2. The molecule has 6 nitrogen and oxygen atoms in total. The van der Waals surface area contributed by atoms with Gasteiger partial charge >= 0.3 is 5.97 Å². The molecule has 1 aromatic carbocycles. The van der Waals surface area contributed by atoms with Gasteiger partial charge < -0.3 is 15.0 Å². The van der Waals surface area contributed by atoms with E-state index in [2.05, 4.69) is 40.3 Å². The number of para-hydroxylation sites is 1. The van der Waals surface area contributed by atoms with E-state index in [0.717, 1.165) is 35.5 Å². The number of hydrogen-bond donors (Lipinski definition) is 1. The number of benzene rings is 1. The molecule has 138 valence electrons. The number of pyridine rings is 1. The molecule has 3 rings (SSSR count). The molecular weight excluding hydrogens is 328 g/mol. The Morgan fingerprint density at radius 2 is 2.15 bits per heavy atom. The number of aromatic nitrogens is 1. The van der Waals surface area contributed by atoms with Crippen molar-refractivity contribution in [2.45, 2.75) is 20.4 Å². The monoisotopic (exact) mass is 354 g/mol. The molecule has 1 aliphatic rings. The summed E-state index contributed by atoms with van der Waals surface area (Å²) in [6.45, 7) is 6.88. The highest BCUT2D eigenvalue weighted by Gasteiger charge is 2.36. The van der Waals surface area contributed by atoms with Crippen LogP contribution in [-0.2, 0) is 16.1 Å². The molecule has 0 radical (unpaired) electrons. The van der Waals surface area contributed by atoms with Crippen molar-refractivity contribution >= 4 is 22.8 Å². The maximum Gasteiger partial charge on any atom is 0.310 e. The van der Waals surface area contributed by atoms with Gasteiger partial charge in [-0.3, -0.25) is 9.78 Å². The van der Waals surface area contributed by atoms with Crippen molar-refractivity contribution in [1.29, 1.82) is 0 Å².